The van der Waals surface area contributed by atoms with E-state index >= 15 is 0 Å². The summed E-state index contributed by atoms with van der Waals surface area (Å²) in [6.07, 6.45) is 0.828. The normalized spacial score (nSPS) is 16.4. The Morgan fingerprint density at radius 2 is 1.97 bits per heavy atom. The summed E-state index contributed by atoms with van der Waals surface area (Å²) in [6, 6.07) is 4.53. The molecule has 1 aromatic carbocycles. The second-order valence-electron chi connectivity index (χ2n) is 8.71. The number of rotatable bonds is 10. The first kappa shape index (κ1) is 24.3. The Labute approximate surface area is 188 Å². The summed E-state index contributed by atoms with van der Waals surface area (Å²) in [5.74, 6) is 0.0964. The minimum atomic E-state index is -0.491. The lowest BCUT2D eigenvalue weighted by Gasteiger charge is -2.34. The number of benzene rings is 1. The molecule has 1 aliphatic heterocycles. The molecular formula is C23H33FN4O4. The summed E-state index contributed by atoms with van der Waals surface area (Å²) >= 11 is 0. The van der Waals surface area contributed by atoms with Crippen molar-refractivity contribution >= 4 is 11.6 Å². The number of oxazole rings is 1. The summed E-state index contributed by atoms with van der Waals surface area (Å²) < 4.78 is 24.6. The first-order chi connectivity index (χ1) is 15.3. The fourth-order valence-electron chi connectivity index (χ4n) is 3.47. The summed E-state index contributed by atoms with van der Waals surface area (Å²) in [4.78, 5) is 21.0. The van der Waals surface area contributed by atoms with Crippen LogP contribution in [0.1, 0.15) is 35.8 Å². The molecule has 2 aromatic rings. The number of aromatic nitrogens is 1. The molecule has 176 valence electrons. The molecule has 32 heavy (non-hydrogen) atoms. The number of amides is 1. The molecule has 1 aromatic heterocycles. The van der Waals surface area contributed by atoms with Crippen LogP contribution >= 0.6 is 0 Å². The summed E-state index contributed by atoms with van der Waals surface area (Å²) in [6.45, 7) is 11.2. The Morgan fingerprint density at radius 3 is 2.66 bits per heavy atom. The van der Waals surface area contributed by atoms with Gasteiger partial charge >= 0.3 is 0 Å². The number of carbonyl (C=O) groups is 1. The number of piperazine rings is 1. The Morgan fingerprint density at radius 1 is 1.25 bits per heavy atom. The first-order valence-electron chi connectivity index (χ1n) is 11.0. The number of carbonyl (C=O) groups excluding carboxylic acids is 1. The van der Waals surface area contributed by atoms with Crippen molar-refractivity contribution in [3.05, 3.63) is 47.4 Å². The molecule has 0 aliphatic carbocycles. The van der Waals surface area contributed by atoms with Crippen LogP contribution < -0.4 is 5.32 Å². The first-order valence-corrected chi connectivity index (χ1v) is 11.0. The molecule has 1 aliphatic rings. The lowest BCUT2D eigenvalue weighted by atomic mass is 10.2. The predicted molar refractivity (Wildman–Crippen MR) is 119 cm³/mol. The van der Waals surface area contributed by atoms with Crippen LogP contribution in [0.3, 0.4) is 0 Å². The summed E-state index contributed by atoms with van der Waals surface area (Å²) in [7, 11) is 0. The zero-order valence-electron chi connectivity index (χ0n) is 19.0. The number of β-amino-alcohol motifs (C(OH)–C–C–N with tert-alkyl or cyclic N) is 1. The third-order valence-electron chi connectivity index (χ3n) is 5.27. The number of aliphatic hydroxyl groups is 1. The largest absolute Gasteiger partial charge is 0.447 e. The van der Waals surface area contributed by atoms with Crippen molar-refractivity contribution in [1.29, 1.82) is 0 Å². The van der Waals surface area contributed by atoms with E-state index < -0.39 is 12.0 Å². The molecule has 8 nitrogen and oxygen atoms in total. The van der Waals surface area contributed by atoms with Gasteiger partial charge in [-0.05, 0) is 30.5 Å². The number of halogens is 1. The van der Waals surface area contributed by atoms with E-state index in [1.54, 1.807) is 19.1 Å². The number of aryl methyl sites for hydroxylation is 1. The van der Waals surface area contributed by atoms with Crippen LogP contribution in [0.15, 0.2) is 28.9 Å². The van der Waals surface area contributed by atoms with Crippen molar-refractivity contribution in [2.75, 3.05) is 51.3 Å². The van der Waals surface area contributed by atoms with E-state index in [2.05, 4.69) is 33.9 Å². The molecule has 0 bridgehead atoms. The number of nitrogens with one attached hydrogen (secondary N) is 1. The maximum atomic E-state index is 13.7. The third-order valence-corrected chi connectivity index (χ3v) is 5.27. The Balaban J connectivity index is 1.41. The zero-order valence-corrected chi connectivity index (χ0v) is 19.0. The van der Waals surface area contributed by atoms with Crippen molar-refractivity contribution in [2.45, 2.75) is 33.4 Å². The molecule has 9 heteroatoms. The molecule has 1 amide bonds. The molecule has 3 rings (SSSR count). The maximum absolute atomic E-state index is 13.7. The number of anilines is 1. The Bertz CT molecular complexity index is 881. The lowest BCUT2D eigenvalue weighted by molar-refractivity contribution is -0.000850. The fraction of sp³-hybridized carbons (Fsp3) is 0.565. The van der Waals surface area contributed by atoms with Crippen molar-refractivity contribution < 1.29 is 23.4 Å². The second-order valence-corrected chi connectivity index (χ2v) is 8.71. The predicted octanol–water partition coefficient (Wildman–Crippen LogP) is 2.53. The van der Waals surface area contributed by atoms with Crippen molar-refractivity contribution in [2.24, 2.45) is 5.92 Å². The average Bonchev–Trinajstić information content (AvgIpc) is 3.20. The number of ether oxygens (including phenoxy) is 1. The minimum absolute atomic E-state index is 0.157. The Hall–Kier alpha value is -2.33. The van der Waals surface area contributed by atoms with Gasteiger partial charge in [-0.25, -0.2) is 9.37 Å². The van der Waals surface area contributed by atoms with E-state index in [9.17, 15) is 14.3 Å². The highest BCUT2D eigenvalue weighted by Gasteiger charge is 2.21. The van der Waals surface area contributed by atoms with E-state index in [0.29, 0.717) is 49.4 Å². The van der Waals surface area contributed by atoms with Crippen LogP contribution in [0.25, 0.3) is 0 Å². The molecule has 0 spiro atoms. The van der Waals surface area contributed by atoms with E-state index in [1.807, 2.05) is 0 Å². The van der Waals surface area contributed by atoms with E-state index in [0.717, 1.165) is 26.2 Å². The number of hydrogen-bond acceptors (Lipinski definition) is 7. The molecule has 0 saturated carbocycles. The van der Waals surface area contributed by atoms with Crippen LogP contribution in [-0.4, -0.2) is 77.8 Å². The van der Waals surface area contributed by atoms with Crippen molar-refractivity contribution in [3.63, 3.8) is 0 Å². The average molecular weight is 449 g/mol. The minimum Gasteiger partial charge on any atom is -0.447 e. The van der Waals surface area contributed by atoms with Gasteiger partial charge in [0.25, 0.3) is 5.91 Å². The molecule has 2 heterocycles. The summed E-state index contributed by atoms with van der Waals surface area (Å²) in [5, 5.41) is 12.8. The third kappa shape index (κ3) is 7.37. The lowest BCUT2D eigenvalue weighted by Crippen LogP contribution is -2.48. The molecule has 2 N–H and O–H groups in total. The highest BCUT2D eigenvalue weighted by Crippen LogP contribution is 2.15. The molecule has 1 saturated heterocycles. The van der Waals surface area contributed by atoms with Gasteiger partial charge in [-0.15, -0.1) is 0 Å². The van der Waals surface area contributed by atoms with Crippen molar-refractivity contribution in [3.8, 4) is 0 Å². The summed E-state index contributed by atoms with van der Waals surface area (Å²) in [5.41, 5.74) is 1.04. The quantitative estimate of drug-likeness (QED) is 0.577. The maximum Gasteiger partial charge on any atom is 0.277 e. The topological polar surface area (TPSA) is 91.1 Å². The van der Waals surface area contributed by atoms with E-state index in [-0.39, 0.29) is 11.5 Å². The van der Waals surface area contributed by atoms with Crippen LogP contribution in [0.5, 0.6) is 0 Å². The van der Waals surface area contributed by atoms with Gasteiger partial charge in [0.1, 0.15) is 12.1 Å². The molecule has 1 unspecified atom stereocenters. The highest BCUT2D eigenvalue weighted by atomic mass is 19.1. The Kier molecular flexibility index (Phi) is 8.75. The van der Waals surface area contributed by atoms with Gasteiger partial charge in [0, 0.05) is 45.0 Å². The molecule has 1 fully saturated rings. The van der Waals surface area contributed by atoms with E-state index in [4.69, 9.17) is 9.15 Å². The van der Waals surface area contributed by atoms with Crippen molar-refractivity contribution in [1.82, 2.24) is 14.8 Å². The van der Waals surface area contributed by atoms with E-state index in [1.165, 1.54) is 12.3 Å². The smallest absolute Gasteiger partial charge is 0.277 e. The number of aliphatic hydroxyl groups excluding tert-OH is 1. The highest BCUT2D eigenvalue weighted by molar-refractivity contribution is 6.02. The monoisotopic (exact) mass is 448 g/mol. The van der Waals surface area contributed by atoms with Gasteiger partial charge in [0.05, 0.1) is 19.3 Å². The van der Waals surface area contributed by atoms with Crippen LogP contribution in [0.2, 0.25) is 0 Å². The van der Waals surface area contributed by atoms with Gasteiger partial charge in [-0.3, -0.25) is 14.6 Å². The fourth-order valence-corrected chi connectivity index (χ4v) is 3.47. The second kappa shape index (κ2) is 11.5. The zero-order chi connectivity index (χ0) is 23.1. The SMILES string of the molecule is Cc1ccc(NC(=O)c2coc(CN3CCN(CC(O)COCC(C)C)CC3)n2)cc1F. The van der Waals surface area contributed by atoms with Crippen LogP contribution in [0, 0.1) is 18.7 Å². The molecule has 0 radical (unpaired) electrons. The van der Waals surface area contributed by atoms with Gasteiger partial charge in [-0.2, -0.15) is 0 Å². The van der Waals surface area contributed by atoms with Gasteiger partial charge in [0.15, 0.2) is 5.69 Å². The standard InChI is InChI=1S/C23H33FN4O4/c1-16(2)13-31-14-19(29)11-27-6-8-28(9-7-27)12-22-26-21(15-32-22)23(30)25-18-5-4-17(3)20(24)10-18/h4-5,10,15-16,19,29H,6-9,11-14H2,1-3H3,(H,25,30). The van der Waals surface area contributed by atoms with Crippen LogP contribution in [0.4, 0.5) is 10.1 Å². The number of hydrogen-bond donors (Lipinski definition) is 2. The number of nitrogens with zero attached hydrogens (tertiary/aromatic N) is 3. The molecular weight excluding hydrogens is 415 g/mol. The van der Waals surface area contributed by atoms with Gasteiger partial charge in [-0.1, -0.05) is 19.9 Å². The van der Waals surface area contributed by atoms with Crippen LogP contribution in [-0.2, 0) is 11.3 Å². The molecule has 1 atom stereocenters. The van der Waals surface area contributed by atoms with Gasteiger partial charge in [0.2, 0.25) is 5.89 Å². The van der Waals surface area contributed by atoms with Gasteiger partial charge < -0.3 is 19.6 Å².